The number of aryl methyl sites for hydroxylation is 1. The smallest absolute Gasteiger partial charge is 0.327 e. The summed E-state index contributed by atoms with van der Waals surface area (Å²) in [5, 5.41) is 3.37. The van der Waals surface area contributed by atoms with Crippen molar-refractivity contribution < 1.29 is 9.53 Å². The molecular formula is C20H26N2O2S. The molecule has 0 spiro atoms. The SMILES string of the molecule is Cc1ccc(CNC(C(=O)OCCN2CCCC2)c2ccccc2)s1. The average molecular weight is 359 g/mol. The van der Waals surface area contributed by atoms with Gasteiger partial charge in [-0.1, -0.05) is 30.3 Å². The van der Waals surface area contributed by atoms with Crippen LogP contribution in [-0.2, 0) is 16.1 Å². The van der Waals surface area contributed by atoms with Crippen molar-refractivity contribution in [1.29, 1.82) is 0 Å². The fraction of sp³-hybridized carbons (Fsp3) is 0.450. The molecule has 1 aromatic heterocycles. The quantitative estimate of drug-likeness (QED) is 0.733. The third-order valence-corrected chi connectivity index (χ3v) is 5.50. The van der Waals surface area contributed by atoms with E-state index >= 15 is 0 Å². The first-order chi connectivity index (χ1) is 12.2. The second kappa shape index (κ2) is 9.13. The van der Waals surface area contributed by atoms with Gasteiger partial charge in [0, 0.05) is 22.8 Å². The third kappa shape index (κ3) is 5.39. The Kier molecular flexibility index (Phi) is 6.62. The summed E-state index contributed by atoms with van der Waals surface area (Å²) in [4.78, 5) is 17.5. The van der Waals surface area contributed by atoms with Crippen LogP contribution in [0.2, 0.25) is 0 Å². The maximum absolute atomic E-state index is 12.6. The van der Waals surface area contributed by atoms with E-state index in [-0.39, 0.29) is 5.97 Å². The van der Waals surface area contributed by atoms with Gasteiger partial charge >= 0.3 is 5.97 Å². The molecule has 1 atom stereocenters. The van der Waals surface area contributed by atoms with E-state index in [0.29, 0.717) is 13.2 Å². The van der Waals surface area contributed by atoms with Crippen LogP contribution < -0.4 is 5.32 Å². The van der Waals surface area contributed by atoms with Gasteiger partial charge in [-0.05, 0) is 50.6 Å². The normalized spacial score (nSPS) is 16.0. The van der Waals surface area contributed by atoms with E-state index in [9.17, 15) is 4.79 Å². The molecule has 134 valence electrons. The van der Waals surface area contributed by atoms with Gasteiger partial charge in [-0.15, -0.1) is 11.3 Å². The van der Waals surface area contributed by atoms with Crippen LogP contribution in [0.4, 0.5) is 0 Å². The van der Waals surface area contributed by atoms with Crippen LogP contribution in [0.3, 0.4) is 0 Å². The van der Waals surface area contributed by atoms with Crippen molar-refractivity contribution in [3.05, 3.63) is 57.8 Å². The predicted molar refractivity (Wildman–Crippen MR) is 102 cm³/mol. The molecule has 25 heavy (non-hydrogen) atoms. The Morgan fingerprint density at radius 1 is 1.20 bits per heavy atom. The standard InChI is InChI=1S/C20H26N2O2S/c1-16-9-10-18(25-16)15-21-19(17-7-3-2-4-8-17)20(23)24-14-13-22-11-5-6-12-22/h2-4,7-10,19,21H,5-6,11-15H2,1H3. The highest BCUT2D eigenvalue weighted by Gasteiger charge is 2.22. The number of ether oxygens (including phenoxy) is 1. The highest BCUT2D eigenvalue weighted by molar-refractivity contribution is 7.11. The molecule has 0 amide bonds. The number of rotatable bonds is 8. The van der Waals surface area contributed by atoms with Crippen LogP contribution in [0.25, 0.3) is 0 Å². The number of carbonyl (C=O) groups excluding carboxylic acids is 1. The first-order valence-electron chi connectivity index (χ1n) is 8.95. The summed E-state index contributed by atoms with van der Waals surface area (Å²) in [6, 6.07) is 13.6. The van der Waals surface area contributed by atoms with Gasteiger partial charge in [-0.3, -0.25) is 10.2 Å². The van der Waals surface area contributed by atoms with Crippen molar-refractivity contribution in [2.45, 2.75) is 32.4 Å². The molecule has 0 saturated carbocycles. The molecule has 4 nitrogen and oxygen atoms in total. The van der Waals surface area contributed by atoms with E-state index in [1.165, 1.54) is 22.6 Å². The monoisotopic (exact) mass is 358 g/mol. The van der Waals surface area contributed by atoms with E-state index in [1.54, 1.807) is 11.3 Å². The number of benzene rings is 1. The van der Waals surface area contributed by atoms with Gasteiger partial charge in [0.25, 0.3) is 0 Å². The summed E-state index contributed by atoms with van der Waals surface area (Å²) in [5.41, 5.74) is 0.946. The van der Waals surface area contributed by atoms with E-state index in [0.717, 1.165) is 25.2 Å². The lowest BCUT2D eigenvalue weighted by atomic mass is 10.1. The number of likely N-dealkylation sites (tertiary alicyclic amines) is 1. The molecule has 1 N–H and O–H groups in total. The van der Waals surface area contributed by atoms with E-state index in [4.69, 9.17) is 4.74 Å². The van der Waals surface area contributed by atoms with Crippen molar-refractivity contribution in [2.75, 3.05) is 26.2 Å². The van der Waals surface area contributed by atoms with Crippen LogP contribution in [0.1, 0.15) is 34.2 Å². The Morgan fingerprint density at radius 2 is 1.96 bits per heavy atom. The lowest BCUT2D eigenvalue weighted by Gasteiger charge is -2.19. The molecule has 1 aliphatic rings. The van der Waals surface area contributed by atoms with Gasteiger partial charge in [-0.2, -0.15) is 0 Å². The summed E-state index contributed by atoms with van der Waals surface area (Å²) in [5.74, 6) is -0.196. The largest absolute Gasteiger partial charge is 0.463 e. The van der Waals surface area contributed by atoms with E-state index < -0.39 is 6.04 Å². The third-order valence-electron chi connectivity index (χ3n) is 4.50. The number of nitrogens with zero attached hydrogens (tertiary/aromatic N) is 1. The van der Waals surface area contributed by atoms with Crippen LogP contribution in [0.15, 0.2) is 42.5 Å². The van der Waals surface area contributed by atoms with Gasteiger partial charge in [-0.25, -0.2) is 4.79 Å². The van der Waals surface area contributed by atoms with Crippen molar-refractivity contribution in [3.63, 3.8) is 0 Å². The molecule has 1 aliphatic heterocycles. The fourth-order valence-electron chi connectivity index (χ4n) is 3.13. The second-order valence-electron chi connectivity index (χ2n) is 6.45. The predicted octanol–water partition coefficient (Wildman–Crippen LogP) is 3.53. The molecule has 2 heterocycles. The summed E-state index contributed by atoms with van der Waals surface area (Å²) in [6.07, 6.45) is 2.50. The minimum atomic E-state index is -0.429. The molecule has 0 bridgehead atoms. The van der Waals surface area contributed by atoms with Crippen LogP contribution >= 0.6 is 11.3 Å². The molecule has 0 radical (unpaired) electrons. The van der Waals surface area contributed by atoms with E-state index in [1.807, 2.05) is 30.3 Å². The van der Waals surface area contributed by atoms with Gasteiger partial charge in [0.05, 0.1) is 0 Å². The minimum Gasteiger partial charge on any atom is -0.463 e. The second-order valence-corrected chi connectivity index (χ2v) is 7.83. The number of esters is 1. The molecule has 1 saturated heterocycles. The number of hydrogen-bond acceptors (Lipinski definition) is 5. The Morgan fingerprint density at radius 3 is 2.64 bits per heavy atom. The number of carbonyl (C=O) groups is 1. The molecule has 1 unspecified atom stereocenters. The number of hydrogen-bond donors (Lipinski definition) is 1. The maximum Gasteiger partial charge on any atom is 0.327 e. The topological polar surface area (TPSA) is 41.6 Å². The van der Waals surface area contributed by atoms with Crippen molar-refractivity contribution >= 4 is 17.3 Å². The zero-order valence-electron chi connectivity index (χ0n) is 14.7. The van der Waals surface area contributed by atoms with Crippen molar-refractivity contribution in [1.82, 2.24) is 10.2 Å². The molecule has 1 aromatic carbocycles. The van der Waals surface area contributed by atoms with Crippen molar-refractivity contribution in [3.8, 4) is 0 Å². The Bertz CT molecular complexity index is 665. The molecule has 5 heteroatoms. The zero-order valence-corrected chi connectivity index (χ0v) is 15.6. The Balaban J connectivity index is 1.57. The highest BCUT2D eigenvalue weighted by Crippen LogP contribution is 2.19. The van der Waals surface area contributed by atoms with Gasteiger partial charge in [0.1, 0.15) is 12.6 Å². The molecule has 1 fully saturated rings. The Labute approximate surface area is 153 Å². The lowest BCUT2D eigenvalue weighted by Crippen LogP contribution is -2.32. The van der Waals surface area contributed by atoms with Crippen LogP contribution in [-0.4, -0.2) is 37.1 Å². The van der Waals surface area contributed by atoms with Crippen molar-refractivity contribution in [2.24, 2.45) is 0 Å². The first-order valence-corrected chi connectivity index (χ1v) is 9.76. The Hall–Kier alpha value is -1.69. The summed E-state index contributed by atoms with van der Waals surface area (Å²) >= 11 is 1.75. The van der Waals surface area contributed by atoms with Gasteiger partial charge in [0.15, 0.2) is 0 Å². The number of thiophene rings is 1. The fourth-order valence-corrected chi connectivity index (χ4v) is 3.97. The van der Waals surface area contributed by atoms with Gasteiger partial charge < -0.3 is 4.74 Å². The molecule has 2 aromatic rings. The summed E-state index contributed by atoms with van der Waals surface area (Å²) in [7, 11) is 0. The molecule has 0 aliphatic carbocycles. The van der Waals surface area contributed by atoms with E-state index in [2.05, 4.69) is 29.3 Å². The molecule has 3 rings (SSSR count). The zero-order chi connectivity index (χ0) is 17.5. The maximum atomic E-state index is 12.6. The van der Waals surface area contributed by atoms with Gasteiger partial charge in [0.2, 0.25) is 0 Å². The lowest BCUT2D eigenvalue weighted by molar-refractivity contribution is -0.146. The molecular weight excluding hydrogens is 332 g/mol. The minimum absolute atomic E-state index is 0.196. The van der Waals surface area contributed by atoms with Crippen LogP contribution in [0.5, 0.6) is 0 Å². The summed E-state index contributed by atoms with van der Waals surface area (Å²) < 4.78 is 5.57. The highest BCUT2D eigenvalue weighted by atomic mass is 32.1. The van der Waals surface area contributed by atoms with Crippen LogP contribution in [0, 0.1) is 6.92 Å². The average Bonchev–Trinajstić information content (AvgIpc) is 3.28. The number of nitrogens with one attached hydrogen (secondary N) is 1. The first kappa shape index (κ1) is 18.1. The summed E-state index contributed by atoms with van der Waals surface area (Å²) in [6.45, 7) is 6.29.